The summed E-state index contributed by atoms with van der Waals surface area (Å²) in [6.45, 7) is 0.380. The molecule has 5 heteroatoms. The number of hydrogen-bond donors (Lipinski definition) is 1. The van der Waals surface area contributed by atoms with Gasteiger partial charge in [0.05, 0.1) is 0 Å². The Labute approximate surface area is 107 Å². The van der Waals surface area contributed by atoms with Crippen LogP contribution in [0.1, 0.15) is 23.7 Å². The highest BCUT2D eigenvalue weighted by atomic mass is 32.2. The van der Waals surface area contributed by atoms with Crippen molar-refractivity contribution in [3.8, 4) is 0 Å². The lowest BCUT2D eigenvalue weighted by molar-refractivity contribution is 0.214. The summed E-state index contributed by atoms with van der Waals surface area (Å²) in [5, 5.41) is 8.88. The molecule has 1 saturated carbocycles. The molecule has 1 aromatic carbocycles. The van der Waals surface area contributed by atoms with Gasteiger partial charge in [-0.15, -0.1) is 0 Å². The van der Waals surface area contributed by atoms with Crippen LogP contribution in [0.3, 0.4) is 0 Å². The average Bonchev–Trinajstić information content (AvgIpc) is 3.15. The second-order valence-corrected chi connectivity index (χ2v) is 7.13. The van der Waals surface area contributed by atoms with Gasteiger partial charge < -0.3 is 5.11 Å². The Kier molecular flexibility index (Phi) is 2.92. The SMILES string of the molecule is O=S1(=O)[C@@H](c2ccccc2)[C@H](CO)CN1C1CC1. The van der Waals surface area contributed by atoms with Crippen LogP contribution in [-0.2, 0) is 10.0 Å². The van der Waals surface area contributed by atoms with Crippen molar-refractivity contribution < 1.29 is 13.5 Å². The first kappa shape index (κ1) is 12.1. The van der Waals surface area contributed by atoms with E-state index in [1.165, 1.54) is 0 Å². The van der Waals surface area contributed by atoms with E-state index in [1.807, 2.05) is 30.3 Å². The number of hydrogen-bond acceptors (Lipinski definition) is 3. The molecule has 1 aliphatic heterocycles. The van der Waals surface area contributed by atoms with Crippen LogP contribution in [0.4, 0.5) is 0 Å². The quantitative estimate of drug-likeness (QED) is 0.893. The van der Waals surface area contributed by atoms with Crippen LogP contribution in [0.2, 0.25) is 0 Å². The van der Waals surface area contributed by atoms with Crippen molar-refractivity contribution in [3.05, 3.63) is 35.9 Å². The first-order valence-corrected chi connectivity index (χ1v) is 7.81. The van der Waals surface area contributed by atoms with E-state index in [1.54, 1.807) is 4.31 Å². The highest BCUT2D eigenvalue weighted by molar-refractivity contribution is 7.89. The van der Waals surface area contributed by atoms with Crippen LogP contribution in [0, 0.1) is 5.92 Å². The number of sulfonamides is 1. The summed E-state index contributed by atoms with van der Waals surface area (Å²) in [5.74, 6) is -0.210. The molecular formula is C13H17NO3S. The zero-order valence-electron chi connectivity index (χ0n) is 10.1. The summed E-state index contributed by atoms with van der Waals surface area (Å²) in [7, 11) is -3.31. The third kappa shape index (κ3) is 1.86. The van der Waals surface area contributed by atoms with Gasteiger partial charge in [0.1, 0.15) is 5.25 Å². The van der Waals surface area contributed by atoms with Gasteiger partial charge in [0.25, 0.3) is 0 Å². The molecule has 0 aromatic heterocycles. The van der Waals surface area contributed by atoms with Gasteiger partial charge in [0.2, 0.25) is 10.0 Å². The van der Waals surface area contributed by atoms with Crippen molar-refractivity contribution in [1.82, 2.24) is 4.31 Å². The van der Waals surface area contributed by atoms with Crippen LogP contribution in [-0.4, -0.2) is 37.0 Å². The average molecular weight is 267 g/mol. The molecule has 18 heavy (non-hydrogen) atoms. The molecule has 0 amide bonds. The predicted octanol–water partition coefficient (Wildman–Crippen LogP) is 1.14. The normalized spacial score (nSPS) is 31.6. The lowest BCUT2D eigenvalue weighted by Gasteiger charge is -2.17. The summed E-state index contributed by atoms with van der Waals surface area (Å²) in [6, 6.07) is 9.41. The number of benzene rings is 1. The second kappa shape index (κ2) is 4.33. The Hall–Kier alpha value is -0.910. The van der Waals surface area contributed by atoms with Crippen molar-refractivity contribution in [2.75, 3.05) is 13.2 Å². The van der Waals surface area contributed by atoms with Crippen LogP contribution in [0.25, 0.3) is 0 Å². The predicted molar refractivity (Wildman–Crippen MR) is 68.4 cm³/mol. The zero-order valence-corrected chi connectivity index (χ0v) is 10.9. The third-order valence-electron chi connectivity index (χ3n) is 3.81. The first-order chi connectivity index (χ1) is 8.64. The minimum Gasteiger partial charge on any atom is -0.396 e. The van der Waals surface area contributed by atoms with Gasteiger partial charge in [-0.3, -0.25) is 0 Å². The number of rotatable bonds is 3. The standard InChI is InChI=1S/C13H17NO3S/c15-9-11-8-14(12-6-7-12)18(16,17)13(11)10-4-2-1-3-5-10/h1-5,11-13,15H,6-9H2/t11-,13-/m0/s1. The van der Waals surface area contributed by atoms with Crippen molar-refractivity contribution in [3.63, 3.8) is 0 Å². The van der Waals surface area contributed by atoms with Gasteiger partial charge in [0, 0.05) is 25.1 Å². The van der Waals surface area contributed by atoms with Crippen molar-refractivity contribution in [2.24, 2.45) is 5.92 Å². The van der Waals surface area contributed by atoms with E-state index in [9.17, 15) is 13.5 Å². The van der Waals surface area contributed by atoms with Crippen molar-refractivity contribution >= 4 is 10.0 Å². The lowest BCUT2D eigenvalue weighted by Crippen LogP contribution is -2.28. The van der Waals surface area contributed by atoms with Crippen LogP contribution in [0.15, 0.2) is 30.3 Å². The van der Waals surface area contributed by atoms with Crippen molar-refractivity contribution in [2.45, 2.75) is 24.1 Å². The molecule has 1 aromatic rings. The van der Waals surface area contributed by atoms with E-state index in [0.717, 1.165) is 18.4 Å². The fourth-order valence-corrected chi connectivity index (χ4v) is 5.26. The highest BCUT2D eigenvalue weighted by Gasteiger charge is 2.51. The molecular weight excluding hydrogens is 250 g/mol. The minimum atomic E-state index is -3.31. The fourth-order valence-electron chi connectivity index (χ4n) is 2.78. The van der Waals surface area contributed by atoms with E-state index >= 15 is 0 Å². The summed E-state index contributed by atoms with van der Waals surface area (Å²) in [5.41, 5.74) is 0.791. The van der Waals surface area contributed by atoms with Gasteiger partial charge in [-0.2, -0.15) is 4.31 Å². The van der Waals surface area contributed by atoms with Gasteiger partial charge in [-0.05, 0) is 18.4 Å². The third-order valence-corrected chi connectivity index (χ3v) is 6.21. The van der Waals surface area contributed by atoms with Crippen molar-refractivity contribution in [1.29, 1.82) is 0 Å². The summed E-state index contributed by atoms with van der Waals surface area (Å²) < 4.78 is 26.7. The molecule has 1 heterocycles. The first-order valence-electron chi connectivity index (χ1n) is 6.31. The largest absolute Gasteiger partial charge is 0.396 e. The maximum Gasteiger partial charge on any atom is 0.221 e. The Morgan fingerprint density at radius 3 is 2.44 bits per heavy atom. The molecule has 1 N–H and O–H groups in total. The molecule has 2 atom stereocenters. The molecule has 4 nitrogen and oxygen atoms in total. The zero-order chi connectivity index (χ0) is 12.8. The van der Waals surface area contributed by atoms with Gasteiger partial charge in [0.15, 0.2) is 0 Å². The number of aliphatic hydroxyl groups excluding tert-OH is 1. The minimum absolute atomic E-state index is 0.0813. The van der Waals surface area contributed by atoms with Crippen LogP contribution < -0.4 is 0 Å². The van der Waals surface area contributed by atoms with E-state index < -0.39 is 15.3 Å². The molecule has 3 rings (SSSR count). The van der Waals surface area contributed by atoms with Crippen LogP contribution in [0.5, 0.6) is 0 Å². The molecule has 0 spiro atoms. The highest BCUT2D eigenvalue weighted by Crippen LogP contribution is 2.44. The van der Waals surface area contributed by atoms with E-state index in [2.05, 4.69) is 0 Å². The Morgan fingerprint density at radius 1 is 1.22 bits per heavy atom. The molecule has 1 saturated heterocycles. The molecule has 0 unspecified atom stereocenters. The van der Waals surface area contributed by atoms with E-state index in [4.69, 9.17) is 0 Å². The maximum absolute atomic E-state index is 12.6. The summed E-state index contributed by atoms with van der Waals surface area (Å²) in [6.07, 6.45) is 1.91. The van der Waals surface area contributed by atoms with E-state index in [0.29, 0.717) is 6.54 Å². The molecule has 0 radical (unpaired) electrons. The topological polar surface area (TPSA) is 57.6 Å². The summed E-state index contributed by atoms with van der Waals surface area (Å²) in [4.78, 5) is 0. The summed E-state index contributed by atoms with van der Waals surface area (Å²) >= 11 is 0. The lowest BCUT2D eigenvalue weighted by atomic mass is 9.99. The van der Waals surface area contributed by atoms with Gasteiger partial charge in [-0.1, -0.05) is 30.3 Å². The van der Waals surface area contributed by atoms with E-state index in [-0.39, 0.29) is 18.6 Å². The Bertz CT molecular complexity index is 524. The molecule has 1 aliphatic carbocycles. The monoisotopic (exact) mass is 267 g/mol. The Morgan fingerprint density at radius 2 is 1.89 bits per heavy atom. The fraction of sp³-hybridized carbons (Fsp3) is 0.538. The Balaban J connectivity index is 2.00. The second-order valence-electron chi connectivity index (χ2n) is 5.12. The number of nitrogens with zero attached hydrogens (tertiary/aromatic N) is 1. The molecule has 2 fully saturated rings. The smallest absolute Gasteiger partial charge is 0.221 e. The molecule has 2 aliphatic rings. The number of aliphatic hydroxyl groups is 1. The maximum atomic E-state index is 12.6. The van der Waals surface area contributed by atoms with Gasteiger partial charge in [-0.25, -0.2) is 8.42 Å². The molecule has 0 bridgehead atoms. The van der Waals surface area contributed by atoms with Crippen LogP contribution >= 0.6 is 0 Å². The van der Waals surface area contributed by atoms with Gasteiger partial charge >= 0.3 is 0 Å². The molecule has 98 valence electrons.